The molecule has 1 fully saturated rings. The van der Waals surface area contributed by atoms with Crippen molar-refractivity contribution in [2.45, 2.75) is 17.9 Å². The van der Waals surface area contributed by atoms with E-state index in [1.165, 1.54) is 36.4 Å². The Kier molecular flexibility index (Phi) is 4.69. The number of carbonyl (C=O) groups excluding carboxylic acids is 2. The van der Waals surface area contributed by atoms with Crippen LogP contribution in [0, 0.1) is 5.92 Å². The highest BCUT2D eigenvalue weighted by Gasteiger charge is 2.69. The lowest BCUT2D eigenvalue weighted by Gasteiger charge is -2.49. The maximum Gasteiger partial charge on any atom is 0.437 e. The zero-order valence-corrected chi connectivity index (χ0v) is 14.3. The molecule has 2 aromatic carbocycles. The van der Waals surface area contributed by atoms with E-state index in [1.54, 1.807) is 24.3 Å². The van der Waals surface area contributed by atoms with E-state index < -0.39 is 35.7 Å². The average Bonchev–Trinajstić information content (AvgIpc) is 2.66. The number of Topliss-reactive ketones (excluding diaryl/α,β-unsaturated/α-hetero) is 1. The first kappa shape index (κ1) is 18.9. The monoisotopic (exact) mass is 378 g/mol. The lowest BCUT2D eigenvalue weighted by molar-refractivity contribution is -0.322. The highest BCUT2D eigenvalue weighted by Crippen LogP contribution is 2.47. The summed E-state index contributed by atoms with van der Waals surface area (Å²) in [4.78, 5) is 25.4. The molecule has 0 radical (unpaired) electrons. The van der Waals surface area contributed by atoms with Gasteiger partial charge in [-0.3, -0.25) is 9.69 Å². The zero-order chi connectivity index (χ0) is 19.8. The van der Waals surface area contributed by atoms with E-state index in [2.05, 4.69) is 5.32 Å². The van der Waals surface area contributed by atoms with Crippen LogP contribution in [0.5, 0.6) is 0 Å². The average molecular weight is 378 g/mol. The first-order valence-electron chi connectivity index (χ1n) is 8.15. The van der Waals surface area contributed by atoms with E-state index in [1.807, 2.05) is 0 Å². The van der Waals surface area contributed by atoms with E-state index in [-0.39, 0.29) is 16.0 Å². The van der Waals surface area contributed by atoms with E-state index in [9.17, 15) is 27.9 Å². The summed E-state index contributed by atoms with van der Waals surface area (Å²) in [6, 6.07) is 12.7. The van der Waals surface area contributed by atoms with Crippen molar-refractivity contribution >= 4 is 11.8 Å². The molecule has 0 spiro atoms. The summed E-state index contributed by atoms with van der Waals surface area (Å²) in [6.07, 6.45) is -5.25. The van der Waals surface area contributed by atoms with Crippen LogP contribution in [0.25, 0.3) is 0 Å². The van der Waals surface area contributed by atoms with Gasteiger partial charge in [0.25, 0.3) is 5.72 Å². The molecule has 1 heterocycles. The molecule has 3 rings (SSSR count). The Morgan fingerprint density at radius 1 is 1.07 bits per heavy atom. The minimum Gasteiger partial charge on any atom is -0.363 e. The number of rotatable bonds is 3. The van der Waals surface area contributed by atoms with Gasteiger partial charge in [0.1, 0.15) is 5.92 Å². The molecule has 142 valence electrons. The van der Waals surface area contributed by atoms with E-state index in [0.717, 1.165) is 7.05 Å². The summed E-state index contributed by atoms with van der Waals surface area (Å²) in [7, 11) is 0.815. The molecule has 0 bridgehead atoms. The summed E-state index contributed by atoms with van der Waals surface area (Å²) in [5, 5.41) is 13.1. The zero-order valence-electron chi connectivity index (χ0n) is 14.3. The van der Waals surface area contributed by atoms with Gasteiger partial charge >= 0.3 is 12.2 Å². The van der Waals surface area contributed by atoms with Gasteiger partial charge in [-0.25, -0.2) is 4.79 Å². The second kappa shape index (κ2) is 6.70. The second-order valence-electron chi connectivity index (χ2n) is 6.33. The summed E-state index contributed by atoms with van der Waals surface area (Å²) in [6.45, 7) is 0. The Hall–Kier alpha value is -2.87. The van der Waals surface area contributed by atoms with Crippen LogP contribution in [0.1, 0.15) is 22.0 Å². The number of nitrogens with zero attached hydrogens (tertiary/aromatic N) is 1. The number of alkyl halides is 3. The molecule has 0 aromatic heterocycles. The minimum absolute atomic E-state index is 0.00987. The maximum absolute atomic E-state index is 13.9. The van der Waals surface area contributed by atoms with Crippen LogP contribution in [0.4, 0.5) is 18.0 Å². The van der Waals surface area contributed by atoms with Crippen molar-refractivity contribution in [2.24, 2.45) is 5.92 Å². The Morgan fingerprint density at radius 2 is 1.59 bits per heavy atom. The van der Waals surface area contributed by atoms with Gasteiger partial charge in [-0.2, -0.15) is 13.2 Å². The number of hydrogen-bond acceptors (Lipinski definition) is 3. The number of benzene rings is 2. The fourth-order valence-corrected chi connectivity index (χ4v) is 3.33. The molecule has 2 aromatic rings. The lowest BCUT2D eigenvalue weighted by atomic mass is 9.76. The van der Waals surface area contributed by atoms with Crippen molar-refractivity contribution in [3.05, 3.63) is 71.8 Å². The molecule has 3 atom stereocenters. The van der Waals surface area contributed by atoms with Gasteiger partial charge in [-0.15, -0.1) is 0 Å². The Balaban J connectivity index is 2.20. The van der Waals surface area contributed by atoms with Gasteiger partial charge in [0.15, 0.2) is 5.78 Å². The van der Waals surface area contributed by atoms with Crippen LogP contribution < -0.4 is 5.32 Å². The molecule has 1 aliphatic heterocycles. The first-order chi connectivity index (χ1) is 12.7. The Labute approximate surface area is 153 Å². The smallest absolute Gasteiger partial charge is 0.363 e. The quantitative estimate of drug-likeness (QED) is 0.807. The van der Waals surface area contributed by atoms with E-state index in [4.69, 9.17) is 0 Å². The number of amides is 2. The van der Waals surface area contributed by atoms with Crippen molar-refractivity contribution in [1.82, 2.24) is 10.2 Å². The van der Waals surface area contributed by atoms with Crippen LogP contribution >= 0.6 is 0 Å². The second-order valence-corrected chi connectivity index (χ2v) is 6.33. The molecule has 0 unspecified atom stereocenters. The largest absolute Gasteiger partial charge is 0.437 e. The fraction of sp³-hybridized carbons (Fsp3) is 0.263. The van der Waals surface area contributed by atoms with Gasteiger partial charge in [-0.05, 0) is 5.56 Å². The van der Waals surface area contributed by atoms with Gasteiger partial charge in [0.05, 0.1) is 6.04 Å². The topological polar surface area (TPSA) is 69.6 Å². The van der Waals surface area contributed by atoms with Crippen LogP contribution in [-0.4, -0.2) is 40.8 Å². The van der Waals surface area contributed by atoms with E-state index in [0.29, 0.717) is 0 Å². The number of urea groups is 1. The van der Waals surface area contributed by atoms with Crippen LogP contribution in [-0.2, 0) is 0 Å². The SMILES string of the molecule is CN1C(=O)N[C@H](c2ccccc2)[C@@H](C(=O)c2ccccc2)[C@]1(O)C(F)(F)F. The Bertz CT molecular complexity index is 842. The third kappa shape index (κ3) is 3.06. The predicted octanol–water partition coefficient (Wildman–Crippen LogP) is 3.13. The molecule has 2 N–H and O–H groups in total. The van der Waals surface area contributed by atoms with Gasteiger partial charge in [-0.1, -0.05) is 60.7 Å². The number of nitrogens with one attached hydrogen (secondary N) is 1. The summed E-state index contributed by atoms with van der Waals surface area (Å²) < 4.78 is 41.8. The number of halogens is 3. The molecule has 0 aliphatic carbocycles. The molecule has 27 heavy (non-hydrogen) atoms. The minimum atomic E-state index is -5.25. The molecular formula is C19H17F3N2O3. The normalized spacial score (nSPS) is 25.8. The highest BCUT2D eigenvalue weighted by atomic mass is 19.4. The third-order valence-electron chi connectivity index (χ3n) is 4.78. The fourth-order valence-electron chi connectivity index (χ4n) is 3.33. The van der Waals surface area contributed by atoms with Crippen molar-refractivity contribution in [1.29, 1.82) is 0 Å². The van der Waals surface area contributed by atoms with Crippen LogP contribution in [0.2, 0.25) is 0 Å². The molecule has 5 nitrogen and oxygen atoms in total. The maximum atomic E-state index is 13.9. The van der Waals surface area contributed by atoms with Gasteiger partial charge in [0.2, 0.25) is 0 Å². The van der Waals surface area contributed by atoms with Crippen molar-refractivity contribution in [3.8, 4) is 0 Å². The van der Waals surface area contributed by atoms with Gasteiger partial charge < -0.3 is 10.4 Å². The number of aliphatic hydroxyl groups is 1. The Morgan fingerprint density at radius 3 is 2.11 bits per heavy atom. The summed E-state index contributed by atoms with van der Waals surface area (Å²) >= 11 is 0. The first-order valence-corrected chi connectivity index (χ1v) is 8.15. The summed E-state index contributed by atoms with van der Waals surface area (Å²) in [5.74, 6) is -2.92. The van der Waals surface area contributed by atoms with Crippen molar-refractivity contribution in [2.75, 3.05) is 7.05 Å². The van der Waals surface area contributed by atoms with E-state index >= 15 is 0 Å². The molecular weight excluding hydrogens is 361 g/mol. The molecule has 8 heteroatoms. The molecule has 1 saturated heterocycles. The number of hydrogen-bond donors (Lipinski definition) is 2. The number of carbonyl (C=O) groups is 2. The molecule has 0 saturated carbocycles. The van der Waals surface area contributed by atoms with Crippen molar-refractivity contribution in [3.63, 3.8) is 0 Å². The third-order valence-corrected chi connectivity index (χ3v) is 4.78. The molecule has 2 amide bonds. The highest BCUT2D eigenvalue weighted by molar-refractivity contribution is 6.00. The predicted molar refractivity (Wildman–Crippen MR) is 90.7 cm³/mol. The van der Waals surface area contributed by atoms with Crippen LogP contribution in [0.3, 0.4) is 0 Å². The standard InChI is InChI=1S/C19H17F3N2O3/c1-24-17(26)23-15(12-8-4-2-5-9-12)14(18(24,27)19(20,21)22)16(25)13-10-6-3-7-11-13/h2-11,14-15,27H,1H3,(H,23,26)/t14-,15+,18-/m0/s1. The number of ketones is 1. The van der Waals surface area contributed by atoms with Gasteiger partial charge in [0, 0.05) is 12.6 Å². The summed E-state index contributed by atoms with van der Waals surface area (Å²) in [5.41, 5.74) is -3.37. The van der Waals surface area contributed by atoms with Crippen molar-refractivity contribution < 1.29 is 27.9 Å². The lowest BCUT2D eigenvalue weighted by Crippen LogP contribution is -2.72. The molecule has 1 aliphatic rings. The van der Waals surface area contributed by atoms with Crippen LogP contribution in [0.15, 0.2) is 60.7 Å².